The number of nitrogens with one attached hydrogen (secondary N) is 1. The molecule has 1 aliphatic heterocycles. The molecule has 0 saturated carbocycles. The van der Waals surface area contributed by atoms with Crippen LogP contribution in [-0.4, -0.2) is 66.4 Å². The third-order valence-electron chi connectivity index (χ3n) is 5.31. The van der Waals surface area contributed by atoms with E-state index in [2.05, 4.69) is 32.5 Å². The number of thiophene rings is 1. The Morgan fingerprint density at radius 1 is 1.16 bits per heavy atom. The molecule has 0 amide bonds. The number of aryl methyl sites for hydroxylation is 1. The van der Waals surface area contributed by atoms with Crippen LogP contribution in [0.4, 0.5) is 5.82 Å². The van der Waals surface area contributed by atoms with Crippen molar-refractivity contribution < 1.29 is 8.42 Å². The maximum atomic E-state index is 12.9. The molecule has 0 unspecified atom stereocenters. The van der Waals surface area contributed by atoms with E-state index in [1.54, 1.807) is 17.7 Å². The molecule has 1 saturated heterocycles. The zero-order valence-corrected chi connectivity index (χ0v) is 20.3. The van der Waals surface area contributed by atoms with Crippen LogP contribution in [0.15, 0.2) is 34.8 Å². The standard InChI is InChI=1S/C20H23Cl2N5O2S2/c1-13-11-30-19-18(13)23-12-24-20(19)25-14(2)10-26-5-7-27(8-6-26)31(28,29)15-3-4-16(21)17(22)9-15/h3-4,9,11-12,14H,5-8,10H2,1-2H3,(H,23,24,25)/t14-/m0/s1. The summed E-state index contributed by atoms with van der Waals surface area (Å²) in [5.41, 5.74) is 2.13. The number of piperazine rings is 1. The first-order valence-corrected chi connectivity index (χ1v) is 13.0. The van der Waals surface area contributed by atoms with Crippen LogP contribution in [0.5, 0.6) is 0 Å². The van der Waals surface area contributed by atoms with Gasteiger partial charge in [0.1, 0.15) is 12.1 Å². The Kier molecular flexibility index (Phi) is 6.71. The molecule has 1 aromatic carbocycles. The van der Waals surface area contributed by atoms with Gasteiger partial charge in [0.05, 0.1) is 25.2 Å². The van der Waals surface area contributed by atoms with Crippen molar-refractivity contribution in [1.82, 2.24) is 19.2 Å². The maximum absolute atomic E-state index is 12.9. The van der Waals surface area contributed by atoms with Gasteiger partial charge in [-0.05, 0) is 43.0 Å². The summed E-state index contributed by atoms with van der Waals surface area (Å²) < 4.78 is 28.4. The van der Waals surface area contributed by atoms with Crippen molar-refractivity contribution in [2.24, 2.45) is 0 Å². The van der Waals surface area contributed by atoms with Gasteiger partial charge in [-0.25, -0.2) is 18.4 Å². The van der Waals surface area contributed by atoms with Gasteiger partial charge in [0.25, 0.3) is 0 Å². The van der Waals surface area contributed by atoms with Crippen molar-refractivity contribution >= 4 is 60.6 Å². The van der Waals surface area contributed by atoms with Crippen molar-refractivity contribution in [1.29, 1.82) is 0 Å². The highest BCUT2D eigenvalue weighted by molar-refractivity contribution is 7.89. The third kappa shape index (κ3) is 4.81. The molecule has 7 nitrogen and oxygen atoms in total. The zero-order chi connectivity index (χ0) is 22.2. The Balaban J connectivity index is 1.36. The third-order valence-corrected chi connectivity index (χ3v) is 9.03. The summed E-state index contributed by atoms with van der Waals surface area (Å²) in [5.74, 6) is 0.844. The molecule has 166 valence electrons. The molecular formula is C20H23Cl2N5O2S2. The fourth-order valence-corrected chi connectivity index (χ4v) is 6.44. The van der Waals surface area contributed by atoms with Crippen molar-refractivity contribution in [3.8, 4) is 0 Å². The number of halogens is 2. The van der Waals surface area contributed by atoms with Crippen molar-refractivity contribution in [3.05, 3.63) is 45.5 Å². The van der Waals surface area contributed by atoms with E-state index >= 15 is 0 Å². The molecule has 0 aliphatic carbocycles. The van der Waals surface area contributed by atoms with Crippen LogP contribution in [0.25, 0.3) is 10.2 Å². The number of aromatic nitrogens is 2. The highest BCUT2D eigenvalue weighted by Crippen LogP contribution is 2.29. The number of hydrogen-bond acceptors (Lipinski definition) is 7. The molecule has 11 heteroatoms. The summed E-state index contributed by atoms with van der Waals surface area (Å²) in [5, 5.41) is 6.14. The molecule has 2 aromatic heterocycles. The van der Waals surface area contributed by atoms with Crippen LogP contribution in [0, 0.1) is 6.92 Å². The fourth-order valence-electron chi connectivity index (χ4n) is 3.68. The summed E-state index contributed by atoms with van der Waals surface area (Å²) in [6.07, 6.45) is 1.59. The summed E-state index contributed by atoms with van der Waals surface area (Å²) in [4.78, 5) is 11.2. The van der Waals surface area contributed by atoms with E-state index in [1.807, 2.05) is 6.92 Å². The summed E-state index contributed by atoms with van der Waals surface area (Å²) in [6.45, 7) is 7.11. The molecule has 1 atom stereocenters. The lowest BCUT2D eigenvalue weighted by Crippen LogP contribution is -2.50. The smallest absolute Gasteiger partial charge is 0.243 e. The minimum Gasteiger partial charge on any atom is -0.365 e. The minimum absolute atomic E-state index is 0.152. The Bertz CT molecular complexity index is 1190. The lowest BCUT2D eigenvalue weighted by atomic mass is 10.2. The molecule has 31 heavy (non-hydrogen) atoms. The highest BCUT2D eigenvalue weighted by atomic mass is 35.5. The lowest BCUT2D eigenvalue weighted by molar-refractivity contribution is 0.184. The van der Waals surface area contributed by atoms with Crippen LogP contribution >= 0.6 is 34.5 Å². The van der Waals surface area contributed by atoms with Gasteiger partial charge in [-0.15, -0.1) is 11.3 Å². The molecule has 0 radical (unpaired) electrons. The largest absolute Gasteiger partial charge is 0.365 e. The number of anilines is 1. The second kappa shape index (κ2) is 9.17. The van der Waals surface area contributed by atoms with Gasteiger partial charge in [-0.1, -0.05) is 23.2 Å². The van der Waals surface area contributed by atoms with E-state index in [0.29, 0.717) is 31.2 Å². The van der Waals surface area contributed by atoms with E-state index in [-0.39, 0.29) is 16.0 Å². The summed E-state index contributed by atoms with van der Waals surface area (Å²) >= 11 is 13.6. The monoisotopic (exact) mass is 499 g/mol. The predicted molar refractivity (Wildman–Crippen MR) is 127 cm³/mol. The molecule has 0 bridgehead atoms. The predicted octanol–water partition coefficient (Wildman–Crippen LogP) is 4.11. The Morgan fingerprint density at radius 3 is 2.61 bits per heavy atom. The summed E-state index contributed by atoms with van der Waals surface area (Å²) in [7, 11) is -3.59. The van der Waals surface area contributed by atoms with E-state index in [9.17, 15) is 8.42 Å². The SMILES string of the molecule is Cc1csc2c(N[C@@H](C)CN3CCN(S(=O)(=O)c4ccc(Cl)c(Cl)c4)CC3)ncnc12. The first-order valence-electron chi connectivity index (χ1n) is 9.88. The average Bonchev–Trinajstić information content (AvgIpc) is 3.12. The Morgan fingerprint density at radius 2 is 1.90 bits per heavy atom. The molecule has 0 spiro atoms. The van der Waals surface area contributed by atoms with E-state index in [1.165, 1.54) is 22.5 Å². The van der Waals surface area contributed by atoms with Crippen molar-refractivity contribution in [2.45, 2.75) is 24.8 Å². The maximum Gasteiger partial charge on any atom is 0.243 e. The second-order valence-electron chi connectivity index (χ2n) is 7.64. The van der Waals surface area contributed by atoms with Gasteiger partial charge in [0, 0.05) is 38.8 Å². The number of rotatable bonds is 6. The molecule has 3 heterocycles. The molecule has 1 aliphatic rings. The van der Waals surface area contributed by atoms with E-state index < -0.39 is 10.0 Å². The molecule has 1 fully saturated rings. The highest BCUT2D eigenvalue weighted by Gasteiger charge is 2.29. The topological polar surface area (TPSA) is 78.4 Å². The van der Waals surface area contributed by atoms with Gasteiger partial charge in [-0.3, -0.25) is 4.90 Å². The van der Waals surface area contributed by atoms with Crippen LogP contribution < -0.4 is 5.32 Å². The van der Waals surface area contributed by atoms with Crippen molar-refractivity contribution in [2.75, 3.05) is 38.0 Å². The number of hydrogen-bond donors (Lipinski definition) is 1. The number of nitrogens with zero attached hydrogens (tertiary/aromatic N) is 4. The molecule has 1 N–H and O–H groups in total. The minimum atomic E-state index is -3.59. The Labute approximate surface area is 196 Å². The average molecular weight is 500 g/mol. The zero-order valence-electron chi connectivity index (χ0n) is 17.2. The quantitative estimate of drug-likeness (QED) is 0.549. The van der Waals surface area contributed by atoms with Gasteiger partial charge in [0.2, 0.25) is 10.0 Å². The molecule has 4 rings (SSSR count). The number of benzene rings is 1. The van der Waals surface area contributed by atoms with Crippen molar-refractivity contribution in [3.63, 3.8) is 0 Å². The Hall–Kier alpha value is -1.49. The van der Waals surface area contributed by atoms with Gasteiger partial charge in [0.15, 0.2) is 0 Å². The van der Waals surface area contributed by atoms with Crippen LogP contribution in [-0.2, 0) is 10.0 Å². The molecular weight excluding hydrogens is 477 g/mol. The van der Waals surface area contributed by atoms with E-state index in [4.69, 9.17) is 23.2 Å². The lowest BCUT2D eigenvalue weighted by Gasteiger charge is -2.35. The first-order chi connectivity index (χ1) is 14.8. The molecule has 3 aromatic rings. The van der Waals surface area contributed by atoms with Gasteiger partial charge >= 0.3 is 0 Å². The summed E-state index contributed by atoms with van der Waals surface area (Å²) in [6, 6.07) is 4.57. The van der Waals surface area contributed by atoms with E-state index in [0.717, 1.165) is 28.1 Å². The van der Waals surface area contributed by atoms with Crippen LogP contribution in [0.2, 0.25) is 10.0 Å². The van der Waals surface area contributed by atoms with Gasteiger partial charge in [-0.2, -0.15) is 4.31 Å². The number of sulfonamides is 1. The fraction of sp³-hybridized carbons (Fsp3) is 0.400. The normalized spacial score (nSPS) is 17.2. The first kappa shape index (κ1) is 22.7. The number of fused-ring (bicyclic) bond motifs is 1. The van der Waals surface area contributed by atoms with Crippen LogP contribution in [0.1, 0.15) is 12.5 Å². The van der Waals surface area contributed by atoms with Gasteiger partial charge < -0.3 is 5.32 Å². The second-order valence-corrected chi connectivity index (χ2v) is 11.3. The van der Waals surface area contributed by atoms with Crippen LogP contribution in [0.3, 0.4) is 0 Å².